The van der Waals surface area contributed by atoms with Crippen molar-refractivity contribution in [1.82, 2.24) is 10.2 Å². The van der Waals surface area contributed by atoms with Crippen LogP contribution in [0.5, 0.6) is 0 Å². The van der Waals surface area contributed by atoms with Gasteiger partial charge < -0.3 is 5.32 Å². The van der Waals surface area contributed by atoms with E-state index in [4.69, 9.17) is 0 Å². The number of benzene rings is 1. The first-order valence-corrected chi connectivity index (χ1v) is 11.8. The Morgan fingerprint density at radius 2 is 2.00 bits per heavy atom. The molecule has 2 fully saturated rings. The molecule has 0 radical (unpaired) electrons. The molecule has 1 saturated carbocycles. The van der Waals surface area contributed by atoms with Crippen LogP contribution in [0.1, 0.15) is 61.1 Å². The van der Waals surface area contributed by atoms with E-state index in [1.54, 1.807) is 11.3 Å². The fraction of sp³-hybridized carbons (Fsp3) is 0.542. The smallest absolute Gasteiger partial charge is 0.220 e. The first kappa shape index (κ1) is 18.4. The summed E-state index contributed by atoms with van der Waals surface area (Å²) in [5, 5.41) is 7.62. The Labute approximate surface area is 172 Å². The number of amides is 1. The molecule has 2 aromatic rings. The molecule has 1 spiro atoms. The molecule has 1 saturated heterocycles. The molecule has 5 rings (SSSR count). The average molecular weight is 395 g/mol. The minimum Gasteiger partial charge on any atom is -0.356 e. The molecule has 1 atom stereocenters. The molecule has 2 aliphatic carbocycles. The van der Waals surface area contributed by atoms with Crippen LogP contribution in [0, 0.1) is 5.92 Å². The number of nitrogens with one attached hydrogen (secondary N) is 1. The fourth-order valence-corrected chi connectivity index (χ4v) is 6.00. The largest absolute Gasteiger partial charge is 0.356 e. The third-order valence-electron chi connectivity index (χ3n) is 7.13. The SMILES string of the molecule is O=C(C[C@H]1CC2(CCN(Cc3ccsc3)CC2)c2ccccc21)NCC1CC1. The van der Waals surface area contributed by atoms with Gasteiger partial charge in [-0.1, -0.05) is 24.3 Å². The minimum atomic E-state index is 0.249. The maximum Gasteiger partial charge on any atom is 0.220 e. The summed E-state index contributed by atoms with van der Waals surface area (Å²) in [6.07, 6.45) is 6.82. The van der Waals surface area contributed by atoms with Crippen molar-refractivity contribution in [2.75, 3.05) is 19.6 Å². The Kier molecular flexibility index (Phi) is 5.02. The number of carbonyl (C=O) groups excluding carboxylic acids is 1. The second kappa shape index (κ2) is 7.64. The standard InChI is InChI=1S/C24H30N2OS/c27-23(25-15-18-5-6-18)13-20-14-24(22-4-2-1-3-21(20)22)8-10-26(11-9-24)16-19-7-12-28-17-19/h1-4,7,12,17-18,20H,5-6,8-11,13-16H2,(H,25,27)/t20-/m0/s1. The van der Waals surface area contributed by atoms with Gasteiger partial charge >= 0.3 is 0 Å². The third-order valence-corrected chi connectivity index (χ3v) is 7.86. The zero-order valence-electron chi connectivity index (χ0n) is 16.5. The number of rotatable bonds is 6. The van der Waals surface area contributed by atoms with E-state index in [1.807, 2.05) is 0 Å². The second-order valence-corrected chi connectivity index (χ2v) is 9.91. The lowest BCUT2D eigenvalue weighted by atomic mass is 9.73. The molecule has 1 aliphatic heterocycles. The summed E-state index contributed by atoms with van der Waals surface area (Å²) in [6, 6.07) is 11.2. The number of carbonyl (C=O) groups is 1. The zero-order valence-corrected chi connectivity index (χ0v) is 17.3. The summed E-state index contributed by atoms with van der Waals surface area (Å²) in [5.41, 5.74) is 4.70. The van der Waals surface area contributed by atoms with Crippen molar-refractivity contribution in [2.45, 2.75) is 56.4 Å². The first-order chi connectivity index (χ1) is 13.7. The Hall–Kier alpha value is -1.65. The fourth-order valence-electron chi connectivity index (χ4n) is 5.34. The molecular formula is C24H30N2OS. The molecule has 1 amide bonds. The van der Waals surface area contributed by atoms with Gasteiger partial charge in [0.25, 0.3) is 0 Å². The molecule has 3 nitrogen and oxygen atoms in total. The highest BCUT2D eigenvalue weighted by atomic mass is 32.1. The van der Waals surface area contributed by atoms with E-state index in [1.165, 1.54) is 42.4 Å². The Morgan fingerprint density at radius 1 is 1.18 bits per heavy atom. The molecule has 4 heteroatoms. The highest BCUT2D eigenvalue weighted by Gasteiger charge is 2.45. The molecule has 0 bridgehead atoms. The number of hydrogen-bond donors (Lipinski definition) is 1. The van der Waals surface area contributed by atoms with Gasteiger partial charge in [-0.2, -0.15) is 11.3 Å². The summed E-state index contributed by atoms with van der Waals surface area (Å²) in [4.78, 5) is 15.1. The van der Waals surface area contributed by atoms with Gasteiger partial charge in [0.05, 0.1) is 0 Å². The monoisotopic (exact) mass is 394 g/mol. The molecule has 1 N–H and O–H groups in total. The van der Waals surface area contributed by atoms with Crippen LogP contribution in [0.4, 0.5) is 0 Å². The summed E-state index contributed by atoms with van der Waals surface area (Å²) < 4.78 is 0. The molecule has 3 aliphatic rings. The number of hydrogen-bond acceptors (Lipinski definition) is 3. The average Bonchev–Trinajstić information content (AvgIpc) is 3.33. The molecule has 1 aromatic heterocycles. The van der Waals surface area contributed by atoms with E-state index in [0.29, 0.717) is 12.3 Å². The van der Waals surface area contributed by atoms with Crippen LogP contribution in [0.25, 0.3) is 0 Å². The van der Waals surface area contributed by atoms with Crippen LogP contribution in [0.2, 0.25) is 0 Å². The van der Waals surface area contributed by atoms with Crippen molar-refractivity contribution in [3.05, 3.63) is 57.8 Å². The third kappa shape index (κ3) is 3.77. The molecule has 2 heterocycles. The van der Waals surface area contributed by atoms with Gasteiger partial charge in [0.2, 0.25) is 5.91 Å². The van der Waals surface area contributed by atoms with E-state index in [9.17, 15) is 4.79 Å². The summed E-state index contributed by atoms with van der Waals surface area (Å²) >= 11 is 1.79. The normalized spacial score (nSPS) is 23.6. The first-order valence-electron chi connectivity index (χ1n) is 10.8. The van der Waals surface area contributed by atoms with Gasteiger partial charge in [-0.3, -0.25) is 9.69 Å². The topological polar surface area (TPSA) is 32.3 Å². The summed E-state index contributed by atoms with van der Waals surface area (Å²) in [7, 11) is 0. The number of likely N-dealkylation sites (tertiary alicyclic amines) is 1. The van der Waals surface area contributed by atoms with Crippen molar-refractivity contribution in [2.24, 2.45) is 5.92 Å². The lowest BCUT2D eigenvalue weighted by Crippen LogP contribution is -2.41. The number of nitrogens with zero attached hydrogens (tertiary/aromatic N) is 1. The second-order valence-electron chi connectivity index (χ2n) is 9.13. The van der Waals surface area contributed by atoms with Crippen LogP contribution >= 0.6 is 11.3 Å². The van der Waals surface area contributed by atoms with Crippen molar-refractivity contribution < 1.29 is 4.79 Å². The molecule has 0 unspecified atom stereocenters. The number of thiophene rings is 1. The Morgan fingerprint density at radius 3 is 2.75 bits per heavy atom. The quantitative estimate of drug-likeness (QED) is 0.771. The van der Waals surface area contributed by atoms with E-state index < -0.39 is 0 Å². The van der Waals surface area contributed by atoms with Crippen LogP contribution in [0.3, 0.4) is 0 Å². The van der Waals surface area contributed by atoms with Gasteiger partial charge in [0, 0.05) is 19.5 Å². The van der Waals surface area contributed by atoms with E-state index in [-0.39, 0.29) is 11.3 Å². The van der Waals surface area contributed by atoms with Gasteiger partial charge in [-0.25, -0.2) is 0 Å². The molecule has 1 aromatic carbocycles. The molecule has 28 heavy (non-hydrogen) atoms. The van der Waals surface area contributed by atoms with Gasteiger partial charge in [0.15, 0.2) is 0 Å². The summed E-state index contributed by atoms with van der Waals surface area (Å²) in [6.45, 7) is 4.28. The van der Waals surface area contributed by atoms with Crippen molar-refractivity contribution in [1.29, 1.82) is 0 Å². The van der Waals surface area contributed by atoms with Crippen LogP contribution in [-0.4, -0.2) is 30.4 Å². The Balaban J connectivity index is 1.26. The van der Waals surface area contributed by atoms with Gasteiger partial charge in [0.1, 0.15) is 0 Å². The summed E-state index contributed by atoms with van der Waals surface area (Å²) in [5.74, 6) is 1.39. The number of fused-ring (bicyclic) bond motifs is 2. The maximum atomic E-state index is 12.5. The predicted molar refractivity (Wildman–Crippen MR) is 115 cm³/mol. The van der Waals surface area contributed by atoms with E-state index in [2.05, 4.69) is 51.3 Å². The lowest BCUT2D eigenvalue weighted by Gasteiger charge is -2.40. The highest BCUT2D eigenvalue weighted by Crippen LogP contribution is 2.52. The zero-order chi connectivity index (χ0) is 19.0. The predicted octanol–water partition coefficient (Wildman–Crippen LogP) is 4.69. The number of piperidine rings is 1. The van der Waals surface area contributed by atoms with Crippen molar-refractivity contribution >= 4 is 17.2 Å². The molecule has 148 valence electrons. The van der Waals surface area contributed by atoms with Gasteiger partial charge in [-0.15, -0.1) is 0 Å². The van der Waals surface area contributed by atoms with E-state index in [0.717, 1.165) is 38.5 Å². The van der Waals surface area contributed by atoms with E-state index >= 15 is 0 Å². The van der Waals surface area contributed by atoms with Crippen LogP contribution < -0.4 is 5.32 Å². The lowest BCUT2D eigenvalue weighted by molar-refractivity contribution is -0.121. The van der Waals surface area contributed by atoms with Crippen molar-refractivity contribution in [3.8, 4) is 0 Å². The van der Waals surface area contributed by atoms with Crippen molar-refractivity contribution in [3.63, 3.8) is 0 Å². The highest BCUT2D eigenvalue weighted by molar-refractivity contribution is 7.07. The van der Waals surface area contributed by atoms with Crippen LogP contribution in [-0.2, 0) is 16.8 Å². The molecular weight excluding hydrogens is 364 g/mol. The van der Waals surface area contributed by atoms with Gasteiger partial charge in [-0.05, 0) is 96.0 Å². The Bertz CT molecular complexity index is 819. The van der Waals surface area contributed by atoms with Crippen LogP contribution in [0.15, 0.2) is 41.1 Å². The minimum absolute atomic E-state index is 0.249. The maximum absolute atomic E-state index is 12.5.